The smallest absolute Gasteiger partial charge is 0.303 e. The fourth-order valence-corrected chi connectivity index (χ4v) is 2.70. The second kappa shape index (κ2) is 5.93. The molecular formula is C15H29NO3. The molecule has 2 N–H and O–H groups in total. The van der Waals surface area contributed by atoms with Gasteiger partial charge in [0.1, 0.15) is 0 Å². The number of hydrogen-bond donors (Lipinski definition) is 2. The molecule has 0 saturated heterocycles. The van der Waals surface area contributed by atoms with Gasteiger partial charge in [-0.2, -0.15) is 0 Å². The number of nitrogens with one attached hydrogen (secondary N) is 1. The first-order valence-electron chi connectivity index (χ1n) is 6.75. The van der Waals surface area contributed by atoms with E-state index in [1.165, 1.54) is 0 Å². The zero-order valence-electron chi connectivity index (χ0n) is 13.4. The van der Waals surface area contributed by atoms with E-state index in [2.05, 4.69) is 26.1 Å². The standard InChI is InChI=1S/C15H29NO3/c1-13(2,3)10-15(6,7)16-11(17)8-14(4,5)9-12(18)19/h8-10H2,1-7H3,(H,16,17)(H,18,19). The van der Waals surface area contributed by atoms with Gasteiger partial charge in [-0.15, -0.1) is 0 Å². The Bertz CT molecular complexity index is 338. The van der Waals surface area contributed by atoms with E-state index in [-0.39, 0.29) is 29.7 Å². The molecule has 0 spiro atoms. The molecule has 4 heteroatoms. The van der Waals surface area contributed by atoms with E-state index in [4.69, 9.17) is 5.11 Å². The Morgan fingerprint density at radius 3 is 1.79 bits per heavy atom. The Labute approximate surface area is 117 Å². The monoisotopic (exact) mass is 271 g/mol. The number of carboxylic acid groups (broad SMARTS) is 1. The summed E-state index contributed by atoms with van der Waals surface area (Å²) >= 11 is 0. The Hall–Kier alpha value is -1.06. The minimum absolute atomic E-state index is 0.000118. The third kappa shape index (κ3) is 9.51. The van der Waals surface area contributed by atoms with Gasteiger partial charge >= 0.3 is 5.97 Å². The molecule has 0 aliphatic rings. The Morgan fingerprint density at radius 1 is 0.947 bits per heavy atom. The molecule has 0 saturated carbocycles. The predicted molar refractivity (Wildman–Crippen MR) is 76.9 cm³/mol. The number of rotatable bonds is 6. The summed E-state index contributed by atoms with van der Waals surface area (Å²) < 4.78 is 0. The van der Waals surface area contributed by atoms with Gasteiger partial charge in [0, 0.05) is 12.0 Å². The lowest BCUT2D eigenvalue weighted by molar-refractivity contribution is -0.139. The molecule has 0 unspecified atom stereocenters. The molecule has 0 radical (unpaired) electrons. The highest BCUT2D eigenvalue weighted by Gasteiger charge is 2.30. The van der Waals surface area contributed by atoms with Crippen LogP contribution in [0.15, 0.2) is 0 Å². The number of carboxylic acids is 1. The van der Waals surface area contributed by atoms with E-state index < -0.39 is 11.4 Å². The summed E-state index contributed by atoms with van der Waals surface area (Å²) in [4.78, 5) is 22.8. The first-order chi connectivity index (χ1) is 8.22. The average Bonchev–Trinajstić information content (AvgIpc) is 1.89. The minimum atomic E-state index is -0.869. The van der Waals surface area contributed by atoms with Crippen molar-refractivity contribution in [2.24, 2.45) is 10.8 Å². The number of carbonyl (C=O) groups is 2. The molecule has 112 valence electrons. The van der Waals surface area contributed by atoms with Crippen molar-refractivity contribution in [2.75, 3.05) is 0 Å². The van der Waals surface area contributed by atoms with E-state index in [0.29, 0.717) is 0 Å². The van der Waals surface area contributed by atoms with Crippen LogP contribution in [0, 0.1) is 10.8 Å². The Balaban J connectivity index is 4.50. The van der Waals surface area contributed by atoms with Gasteiger partial charge in [0.2, 0.25) is 5.91 Å². The zero-order chi connectivity index (χ0) is 15.5. The van der Waals surface area contributed by atoms with Crippen molar-refractivity contribution in [3.05, 3.63) is 0 Å². The van der Waals surface area contributed by atoms with Crippen molar-refractivity contribution < 1.29 is 14.7 Å². The molecular weight excluding hydrogens is 242 g/mol. The van der Waals surface area contributed by atoms with Crippen LogP contribution in [0.5, 0.6) is 0 Å². The summed E-state index contributed by atoms with van der Waals surface area (Å²) in [6.07, 6.45) is 1.10. The van der Waals surface area contributed by atoms with Gasteiger partial charge in [-0.1, -0.05) is 34.6 Å². The second-order valence-corrected chi connectivity index (χ2v) is 8.08. The fraction of sp³-hybridized carbons (Fsp3) is 0.867. The summed E-state index contributed by atoms with van der Waals surface area (Å²) in [5, 5.41) is 11.8. The van der Waals surface area contributed by atoms with E-state index in [9.17, 15) is 9.59 Å². The Kier molecular flexibility index (Phi) is 5.60. The van der Waals surface area contributed by atoms with Crippen LogP contribution in [-0.2, 0) is 9.59 Å². The molecule has 0 atom stereocenters. The quantitative estimate of drug-likeness (QED) is 0.779. The fourth-order valence-electron chi connectivity index (χ4n) is 2.70. The van der Waals surface area contributed by atoms with E-state index in [1.807, 2.05) is 13.8 Å². The van der Waals surface area contributed by atoms with Crippen LogP contribution in [0.25, 0.3) is 0 Å². The van der Waals surface area contributed by atoms with E-state index >= 15 is 0 Å². The van der Waals surface area contributed by atoms with Crippen molar-refractivity contribution in [3.63, 3.8) is 0 Å². The molecule has 0 heterocycles. The lowest BCUT2D eigenvalue weighted by Gasteiger charge is -2.34. The molecule has 0 aromatic carbocycles. The van der Waals surface area contributed by atoms with Crippen LogP contribution >= 0.6 is 0 Å². The lowest BCUT2D eigenvalue weighted by Crippen LogP contribution is -2.47. The first-order valence-corrected chi connectivity index (χ1v) is 6.75. The lowest BCUT2D eigenvalue weighted by atomic mass is 9.81. The average molecular weight is 271 g/mol. The van der Waals surface area contributed by atoms with Gasteiger partial charge in [0.05, 0.1) is 6.42 Å². The van der Waals surface area contributed by atoms with Gasteiger partial charge in [-0.05, 0) is 31.1 Å². The van der Waals surface area contributed by atoms with Crippen LogP contribution in [0.1, 0.15) is 67.7 Å². The molecule has 1 amide bonds. The van der Waals surface area contributed by atoms with Crippen molar-refractivity contribution in [2.45, 2.75) is 73.3 Å². The molecule has 0 fully saturated rings. The summed E-state index contributed by atoms with van der Waals surface area (Å²) in [5.41, 5.74) is -0.671. The molecule has 0 bridgehead atoms. The minimum Gasteiger partial charge on any atom is -0.481 e. The van der Waals surface area contributed by atoms with Gasteiger partial charge < -0.3 is 10.4 Å². The maximum Gasteiger partial charge on any atom is 0.303 e. The number of aliphatic carboxylic acids is 1. The van der Waals surface area contributed by atoms with Crippen LogP contribution in [0.4, 0.5) is 0 Å². The van der Waals surface area contributed by atoms with Crippen LogP contribution in [0.2, 0.25) is 0 Å². The number of carbonyl (C=O) groups excluding carboxylic acids is 1. The van der Waals surface area contributed by atoms with Crippen LogP contribution in [-0.4, -0.2) is 22.5 Å². The van der Waals surface area contributed by atoms with Crippen molar-refractivity contribution in [1.82, 2.24) is 5.32 Å². The SMILES string of the molecule is CC(C)(C)CC(C)(C)NC(=O)CC(C)(C)CC(=O)O. The second-order valence-electron chi connectivity index (χ2n) is 8.08. The predicted octanol–water partition coefficient (Wildman–Crippen LogP) is 3.21. The van der Waals surface area contributed by atoms with Crippen LogP contribution < -0.4 is 5.32 Å². The topological polar surface area (TPSA) is 66.4 Å². The van der Waals surface area contributed by atoms with E-state index in [1.54, 1.807) is 13.8 Å². The van der Waals surface area contributed by atoms with Gasteiger partial charge in [0.25, 0.3) is 0 Å². The molecule has 0 aliphatic carbocycles. The highest BCUT2D eigenvalue weighted by Crippen LogP contribution is 2.28. The van der Waals surface area contributed by atoms with Gasteiger partial charge in [0.15, 0.2) is 0 Å². The molecule has 0 aliphatic heterocycles. The highest BCUT2D eigenvalue weighted by atomic mass is 16.4. The van der Waals surface area contributed by atoms with Crippen LogP contribution in [0.3, 0.4) is 0 Å². The Morgan fingerprint density at radius 2 is 1.42 bits per heavy atom. The summed E-state index contributed by atoms with van der Waals surface area (Å²) in [6, 6.07) is 0. The third-order valence-electron chi connectivity index (χ3n) is 2.72. The maximum absolute atomic E-state index is 12.0. The molecule has 4 nitrogen and oxygen atoms in total. The molecule has 0 rings (SSSR count). The van der Waals surface area contributed by atoms with Gasteiger partial charge in [-0.25, -0.2) is 0 Å². The first kappa shape index (κ1) is 17.9. The zero-order valence-corrected chi connectivity index (χ0v) is 13.4. The summed E-state index contributed by atoms with van der Waals surface area (Å²) in [6.45, 7) is 14.0. The maximum atomic E-state index is 12.0. The summed E-state index contributed by atoms with van der Waals surface area (Å²) in [7, 11) is 0. The van der Waals surface area contributed by atoms with E-state index in [0.717, 1.165) is 6.42 Å². The number of amides is 1. The largest absolute Gasteiger partial charge is 0.481 e. The van der Waals surface area contributed by atoms with Gasteiger partial charge in [-0.3, -0.25) is 9.59 Å². The molecule has 0 aromatic rings. The van der Waals surface area contributed by atoms with Crippen molar-refractivity contribution >= 4 is 11.9 Å². The third-order valence-corrected chi connectivity index (χ3v) is 2.72. The van der Waals surface area contributed by atoms with Crippen molar-refractivity contribution in [1.29, 1.82) is 0 Å². The highest BCUT2D eigenvalue weighted by molar-refractivity contribution is 5.78. The van der Waals surface area contributed by atoms with Crippen molar-refractivity contribution in [3.8, 4) is 0 Å². The molecule has 19 heavy (non-hydrogen) atoms. The molecule has 0 aromatic heterocycles. The summed E-state index contributed by atoms with van der Waals surface area (Å²) in [5.74, 6) is -0.952. The normalized spacial score (nSPS) is 13.2. The number of hydrogen-bond acceptors (Lipinski definition) is 2.